The minimum absolute atomic E-state index is 0. The summed E-state index contributed by atoms with van der Waals surface area (Å²) in [5.41, 5.74) is 18.5. The number of carbonyl (C=O) groups is 1. The normalized spacial score (nSPS) is 13.5. The van der Waals surface area contributed by atoms with E-state index in [9.17, 15) is 25.4 Å². The van der Waals surface area contributed by atoms with Crippen LogP contribution in [0.5, 0.6) is 23.0 Å². The minimum Gasteiger partial charge on any atom is -0.872 e. The van der Waals surface area contributed by atoms with Crippen LogP contribution in [0.2, 0.25) is 0 Å². The number of nitriles is 1. The van der Waals surface area contributed by atoms with Crippen molar-refractivity contribution in [1.29, 1.82) is 5.26 Å². The molecule has 3 aliphatic rings. The number of nitrogens with one attached hydrogen (secondary N) is 3. The van der Waals surface area contributed by atoms with Gasteiger partial charge in [0.15, 0.2) is 0 Å². The molecule has 86 heavy (non-hydrogen) atoms. The number of para-hydroxylation sites is 3. The number of benzene rings is 9. The molecule has 9 aromatic carbocycles. The summed E-state index contributed by atoms with van der Waals surface area (Å²) in [6, 6.07) is 55.3. The number of fused-ring (bicyclic) bond motifs is 12. The first-order chi connectivity index (χ1) is 39.9. The van der Waals surface area contributed by atoms with Crippen molar-refractivity contribution in [2.45, 2.75) is 57.8 Å². The van der Waals surface area contributed by atoms with E-state index in [1.807, 2.05) is 109 Å². The number of H-pyrrole nitrogens is 3. The fraction of sp³-hybridized carbons (Fsp3) is 0.157. The maximum atomic E-state index is 13.0. The fourth-order valence-corrected chi connectivity index (χ4v) is 15.4. The van der Waals surface area contributed by atoms with Gasteiger partial charge in [0.1, 0.15) is 19.8 Å². The van der Waals surface area contributed by atoms with Crippen LogP contribution < -0.4 is 35.0 Å². The molecule has 15 rings (SSSR count). The molecular formula is C70H54Be3N4O6S3+6. The number of hydrogen-bond donors (Lipinski definition) is 0. The minimum atomic E-state index is -0.357. The largest absolute Gasteiger partial charge is 2.00 e. The van der Waals surface area contributed by atoms with E-state index in [-0.39, 0.29) is 69.8 Å². The summed E-state index contributed by atoms with van der Waals surface area (Å²) in [6.45, 7) is 13.0. The van der Waals surface area contributed by atoms with Gasteiger partial charge < -0.3 is 24.8 Å². The second-order valence-electron chi connectivity index (χ2n) is 22.7. The number of carbonyl (C=O) groups excluding carboxylic acids is 1. The molecule has 0 bridgehead atoms. The Morgan fingerprint density at radius 1 is 0.430 bits per heavy atom. The molecule has 3 aromatic heterocycles. The van der Waals surface area contributed by atoms with Gasteiger partial charge in [-0.05, 0) is 140 Å². The number of methoxy groups -OCH3 is 2. The Morgan fingerprint density at radius 2 is 0.779 bits per heavy atom. The van der Waals surface area contributed by atoms with Crippen LogP contribution in [0.1, 0.15) is 90.8 Å². The van der Waals surface area contributed by atoms with Gasteiger partial charge in [-0.1, -0.05) is 166 Å². The van der Waals surface area contributed by atoms with Gasteiger partial charge in [0.05, 0.1) is 48.1 Å². The first-order valence-corrected chi connectivity index (χ1v) is 29.6. The van der Waals surface area contributed by atoms with Crippen LogP contribution in [-0.2, 0) is 21.0 Å². The number of ether oxygens (including phenoxy) is 2. The number of rotatable bonds is 5. The molecule has 0 fully saturated rings. The van der Waals surface area contributed by atoms with Crippen molar-refractivity contribution in [2.24, 2.45) is 0 Å². The maximum absolute atomic E-state index is 13.0. The van der Waals surface area contributed by atoms with E-state index in [2.05, 4.69) is 92.9 Å². The quantitative estimate of drug-likeness (QED) is 0.122. The summed E-state index contributed by atoms with van der Waals surface area (Å²) in [4.78, 5) is 22.2. The van der Waals surface area contributed by atoms with Crippen molar-refractivity contribution in [3.63, 3.8) is 0 Å². The van der Waals surface area contributed by atoms with Crippen LogP contribution in [-0.4, -0.2) is 50.6 Å². The van der Waals surface area contributed by atoms with Crippen molar-refractivity contribution >= 4 is 101 Å². The number of nitrogens with zero attached hydrogens (tertiary/aromatic N) is 1. The average Bonchev–Trinajstić information content (AvgIpc) is 1.86. The van der Waals surface area contributed by atoms with Gasteiger partial charge in [-0.2, -0.15) is 20.2 Å². The molecule has 0 atom stereocenters. The van der Waals surface area contributed by atoms with Gasteiger partial charge in [0.2, 0.25) is 16.6 Å². The fourth-order valence-electron chi connectivity index (χ4n) is 12.4. The van der Waals surface area contributed by atoms with Crippen molar-refractivity contribution < 1.29 is 44.5 Å². The molecule has 12 aromatic rings. The molecule has 16 heteroatoms. The molecule has 3 aliphatic carbocycles. The molecule has 0 saturated heterocycles. The standard InChI is InChI=1S/C24H19NO3S.C23H16N2OS.C23H19NO2S.3Be/c1-24(2)17-10-13(23(27)28-3)8-9-14(17)15-12-20(26)16(11-18(15)24)22-25-19-6-4-5-7-21(19)29-22;1-23(2)17-9-13(12-24)7-8-14(17)15-11-20(26)16(10-18(15)23)22-25-19-5-3-4-6-21(19)27-22;1-23(2)17-10-13(26-3)8-9-14(17)15-12-20(25)16(11-18(15)23)22-24-19-6-4-5-7-21(19)27-22;;;/h4-12,26H,1-3H3;3-11,26H,1-2H3;4-12,25H,1-3H3;;;/q;;;3*+2. The first-order valence-electron chi connectivity index (χ1n) is 27.1. The molecule has 0 unspecified atom stereocenters. The molecule has 10 nitrogen and oxygen atoms in total. The third-order valence-electron chi connectivity index (χ3n) is 16.9. The van der Waals surface area contributed by atoms with E-state index in [4.69, 9.17) is 9.47 Å². The van der Waals surface area contributed by atoms with E-state index >= 15 is 0 Å². The van der Waals surface area contributed by atoms with E-state index in [1.54, 1.807) is 65.4 Å². The van der Waals surface area contributed by atoms with Gasteiger partial charge in [0, 0.05) is 34.4 Å². The van der Waals surface area contributed by atoms with E-state index < -0.39 is 0 Å². The molecule has 3 heterocycles. The predicted octanol–water partition coefficient (Wildman–Crippen LogP) is 12.8. The summed E-state index contributed by atoms with van der Waals surface area (Å²) < 4.78 is 13.7. The van der Waals surface area contributed by atoms with Crippen molar-refractivity contribution in [3.8, 4) is 94.2 Å². The van der Waals surface area contributed by atoms with Gasteiger partial charge >= 0.3 is 36.3 Å². The summed E-state index contributed by atoms with van der Waals surface area (Å²) in [5.74, 6) is 0.549. The van der Waals surface area contributed by atoms with Gasteiger partial charge in [-0.15, -0.1) is 0 Å². The Balaban J connectivity index is 0.000000141. The monoisotopic (exact) mass is 1170 g/mol. The predicted molar refractivity (Wildman–Crippen MR) is 342 cm³/mol. The molecular weight excluding hydrogens is 1120 g/mol. The number of thiazole rings is 3. The third kappa shape index (κ3) is 9.87. The molecule has 0 aliphatic heterocycles. The summed E-state index contributed by atoms with van der Waals surface area (Å²) in [7, 11) is 3.06. The van der Waals surface area contributed by atoms with Crippen LogP contribution in [0.4, 0.5) is 0 Å². The van der Waals surface area contributed by atoms with E-state index in [0.29, 0.717) is 22.3 Å². The second kappa shape index (κ2) is 22.6. The zero-order chi connectivity index (χ0) is 57.9. The number of aromatic nitrogens is 3. The SMILES string of the molecule is CC1(C)c2cc(C#N)ccc2-c2cc([O-])c(-c3[nH+]c4ccccc4s3)cc21.COC(=O)c1ccc2c(c1)C(C)(C)c1cc(-c3[nH+]c4ccccc4s3)c([O-])cc1-2.COc1ccc2c(c1)C(C)(C)c1cc(-c3[nH+]c4ccccc4s3)c([O-])cc1-2.[Be+2].[Be+2].[Be+2]. The molecule has 3 N–H and O–H groups in total. The second-order valence-corrected chi connectivity index (χ2v) is 25.9. The zero-order valence-electron chi connectivity index (χ0n) is 48.8. The molecule has 408 valence electrons. The Kier molecular flexibility index (Phi) is 15.9. The van der Waals surface area contributed by atoms with Crippen LogP contribution in [0.25, 0.3) is 95.7 Å². The summed E-state index contributed by atoms with van der Waals surface area (Å²) in [6.07, 6.45) is 0. The van der Waals surface area contributed by atoms with Crippen molar-refractivity contribution in [2.75, 3.05) is 14.2 Å². The van der Waals surface area contributed by atoms with Gasteiger partial charge in [-0.25, -0.2) is 4.79 Å². The molecule has 0 amide bonds. The topological polar surface area (TPSA) is 171 Å². The molecule has 0 saturated carbocycles. The van der Waals surface area contributed by atoms with Crippen molar-refractivity contribution in [1.82, 2.24) is 0 Å². The van der Waals surface area contributed by atoms with Crippen LogP contribution in [0.3, 0.4) is 0 Å². The molecule has 0 spiro atoms. The third-order valence-corrected chi connectivity index (χ3v) is 20.2. The van der Waals surface area contributed by atoms with Crippen LogP contribution in [0.15, 0.2) is 164 Å². The number of esters is 1. The summed E-state index contributed by atoms with van der Waals surface area (Å²) in [5, 5.41) is 50.8. The first kappa shape index (κ1) is 60.4. The van der Waals surface area contributed by atoms with Crippen LogP contribution in [0, 0.1) is 11.3 Å². The number of hydrogen-bond acceptors (Lipinski definition) is 10. The zero-order valence-corrected chi connectivity index (χ0v) is 51.3. The van der Waals surface area contributed by atoms with Crippen LogP contribution >= 0.6 is 34.0 Å². The Bertz CT molecular complexity index is 4650. The Hall–Kier alpha value is -8.68. The van der Waals surface area contributed by atoms with Gasteiger partial charge in [0.25, 0.3) is 15.0 Å². The average molecular weight is 1170 g/mol. The Morgan fingerprint density at radius 3 is 1.15 bits per heavy atom. The van der Waals surface area contributed by atoms with Gasteiger partial charge in [-0.3, -0.25) is 0 Å². The molecule has 0 radical (unpaired) electrons. The maximum Gasteiger partial charge on any atom is 2.00 e. The van der Waals surface area contributed by atoms with E-state index in [0.717, 1.165) is 113 Å². The smallest absolute Gasteiger partial charge is 0.872 e. The summed E-state index contributed by atoms with van der Waals surface area (Å²) >= 11 is 4.81. The van der Waals surface area contributed by atoms with Crippen molar-refractivity contribution in [3.05, 3.63) is 208 Å². The Labute approximate surface area is 521 Å². The number of aromatic amines is 3. The van der Waals surface area contributed by atoms with E-state index in [1.165, 1.54) is 18.2 Å².